The molecule has 21 heavy (non-hydrogen) atoms. The van der Waals surface area contributed by atoms with Crippen molar-refractivity contribution in [3.63, 3.8) is 0 Å². The highest BCUT2D eigenvalue weighted by Crippen LogP contribution is 2.32. The summed E-state index contributed by atoms with van der Waals surface area (Å²) in [6.07, 6.45) is -3.02. The average molecular weight is 311 g/mol. The Bertz CT molecular complexity index is 287. The zero-order chi connectivity index (χ0) is 16.5. The molecule has 0 aromatic carbocycles. The summed E-state index contributed by atoms with van der Waals surface area (Å²) in [7, 11) is 0. The molecule has 0 saturated carbocycles. The topological polar surface area (TPSA) is 40.5 Å². The number of alkyl halides is 3. The molecule has 0 spiro atoms. The molecule has 0 rings (SSSR count). The summed E-state index contributed by atoms with van der Waals surface area (Å²) in [4.78, 5) is 13.5. The van der Waals surface area contributed by atoms with Gasteiger partial charge in [0.05, 0.1) is 6.10 Å². The highest BCUT2D eigenvalue weighted by atomic mass is 19.4. The maximum atomic E-state index is 13.1. The average Bonchev–Trinajstić information content (AvgIpc) is 2.37. The van der Waals surface area contributed by atoms with Gasteiger partial charge >= 0.3 is 6.18 Å². The van der Waals surface area contributed by atoms with Crippen molar-refractivity contribution in [3.05, 3.63) is 0 Å². The van der Waals surface area contributed by atoms with E-state index in [-0.39, 0.29) is 6.42 Å². The van der Waals surface area contributed by atoms with Gasteiger partial charge in [0.25, 0.3) is 0 Å². The van der Waals surface area contributed by atoms with Gasteiger partial charge < -0.3 is 10.0 Å². The van der Waals surface area contributed by atoms with Crippen molar-refractivity contribution < 1.29 is 23.1 Å². The number of amides is 1. The minimum atomic E-state index is -4.71. The molecule has 3 nitrogen and oxygen atoms in total. The van der Waals surface area contributed by atoms with Crippen molar-refractivity contribution in [1.29, 1.82) is 0 Å². The van der Waals surface area contributed by atoms with E-state index in [1.807, 2.05) is 13.8 Å². The number of aliphatic hydroxyl groups is 1. The Hall–Kier alpha value is -0.780. The van der Waals surface area contributed by atoms with Crippen LogP contribution in [-0.2, 0) is 4.79 Å². The van der Waals surface area contributed by atoms with Crippen molar-refractivity contribution >= 4 is 5.91 Å². The Labute approximate surface area is 125 Å². The summed E-state index contributed by atoms with van der Waals surface area (Å²) in [6, 6.07) is 0. The van der Waals surface area contributed by atoms with Gasteiger partial charge in [0.1, 0.15) is 0 Å². The minimum Gasteiger partial charge on any atom is -0.392 e. The minimum absolute atomic E-state index is 0.0225. The number of halogens is 3. The lowest BCUT2D eigenvalue weighted by Crippen LogP contribution is -2.48. The van der Waals surface area contributed by atoms with Crippen LogP contribution in [0.4, 0.5) is 13.2 Å². The van der Waals surface area contributed by atoms with Crippen LogP contribution in [-0.4, -0.2) is 41.3 Å². The number of unbranched alkanes of at least 4 members (excludes halogenated alkanes) is 2. The van der Waals surface area contributed by atoms with E-state index in [9.17, 15) is 23.1 Å². The normalized spacial score (nSPS) is 14.8. The SMILES string of the molecule is CCCCN(CCCC)C(=O)[C@@H]([C@H](O)CCC)C(F)(F)F. The molecule has 0 aliphatic rings. The lowest BCUT2D eigenvalue weighted by atomic mass is 9.96. The number of nitrogens with zero attached hydrogens (tertiary/aromatic N) is 1. The van der Waals surface area contributed by atoms with E-state index in [2.05, 4.69) is 0 Å². The fraction of sp³-hybridized carbons (Fsp3) is 0.933. The van der Waals surface area contributed by atoms with E-state index < -0.39 is 24.1 Å². The zero-order valence-corrected chi connectivity index (χ0v) is 13.2. The molecule has 0 heterocycles. The standard InChI is InChI=1S/C15H28F3NO2/c1-4-7-10-19(11-8-5-2)14(21)13(15(16,17)18)12(20)9-6-3/h12-13,20H,4-11H2,1-3H3/t12-,13-/m1/s1. The van der Waals surface area contributed by atoms with Crippen LogP contribution < -0.4 is 0 Å². The van der Waals surface area contributed by atoms with Gasteiger partial charge in [0.2, 0.25) is 5.91 Å². The van der Waals surface area contributed by atoms with Gasteiger partial charge in [0.15, 0.2) is 5.92 Å². The van der Waals surface area contributed by atoms with Gasteiger partial charge in [-0.2, -0.15) is 13.2 Å². The molecule has 126 valence electrons. The first kappa shape index (κ1) is 20.2. The number of hydrogen-bond donors (Lipinski definition) is 1. The van der Waals surface area contributed by atoms with Gasteiger partial charge in [-0.15, -0.1) is 0 Å². The Morgan fingerprint density at radius 3 is 1.86 bits per heavy atom. The number of aliphatic hydroxyl groups excluding tert-OH is 1. The molecule has 0 unspecified atom stereocenters. The number of rotatable bonds is 10. The molecule has 6 heteroatoms. The summed E-state index contributed by atoms with van der Waals surface area (Å²) in [5.41, 5.74) is 0. The Kier molecular flexibility index (Phi) is 9.66. The molecule has 0 saturated heterocycles. The van der Waals surface area contributed by atoms with Crippen LogP contribution in [0.25, 0.3) is 0 Å². The van der Waals surface area contributed by atoms with Crippen molar-refractivity contribution in [2.45, 2.75) is 71.6 Å². The van der Waals surface area contributed by atoms with Crippen LogP contribution >= 0.6 is 0 Å². The Morgan fingerprint density at radius 2 is 1.52 bits per heavy atom. The van der Waals surface area contributed by atoms with Gasteiger partial charge in [0, 0.05) is 13.1 Å². The molecular weight excluding hydrogens is 283 g/mol. The third-order valence-electron chi connectivity index (χ3n) is 3.46. The second-order valence-electron chi connectivity index (χ2n) is 5.41. The number of carbonyl (C=O) groups is 1. The Morgan fingerprint density at radius 1 is 1.05 bits per heavy atom. The summed E-state index contributed by atoms with van der Waals surface area (Å²) in [5, 5.41) is 9.75. The van der Waals surface area contributed by atoms with E-state index in [4.69, 9.17) is 0 Å². The smallest absolute Gasteiger partial charge is 0.392 e. The van der Waals surface area contributed by atoms with Crippen molar-refractivity contribution in [1.82, 2.24) is 4.90 Å². The van der Waals surface area contributed by atoms with Crippen LogP contribution in [0.2, 0.25) is 0 Å². The molecule has 0 aliphatic heterocycles. The zero-order valence-electron chi connectivity index (χ0n) is 13.2. The van der Waals surface area contributed by atoms with Crippen LogP contribution in [0.15, 0.2) is 0 Å². The second-order valence-corrected chi connectivity index (χ2v) is 5.41. The lowest BCUT2D eigenvalue weighted by Gasteiger charge is -2.31. The molecular formula is C15H28F3NO2. The molecule has 0 aliphatic carbocycles. The van der Waals surface area contributed by atoms with E-state index in [1.54, 1.807) is 6.92 Å². The molecule has 1 amide bonds. The van der Waals surface area contributed by atoms with Gasteiger partial charge in [-0.1, -0.05) is 40.0 Å². The monoisotopic (exact) mass is 311 g/mol. The molecule has 0 fully saturated rings. The van der Waals surface area contributed by atoms with E-state index >= 15 is 0 Å². The highest BCUT2D eigenvalue weighted by Gasteiger charge is 2.50. The molecule has 0 radical (unpaired) electrons. The predicted molar refractivity (Wildman–Crippen MR) is 76.9 cm³/mol. The molecule has 2 atom stereocenters. The first-order valence-electron chi connectivity index (χ1n) is 7.83. The number of carbonyl (C=O) groups excluding carboxylic acids is 1. The van der Waals surface area contributed by atoms with Gasteiger partial charge in [-0.05, 0) is 19.3 Å². The van der Waals surface area contributed by atoms with Crippen LogP contribution in [0, 0.1) is 5.92 Å². The maximum absolute atomic E-state index is 13.1. The van der Waals surface area contributed by atoms with Crippen molar-refractivity contribution in [2.24, 2.45) is 5.92 Å². The van der Waals surface area contributed by atoms with Gasteiger partial charge in [-0.25, -0.2) is 0 Å². The van der Waals surface area contributed by atoms with Crippen LogP contribution in [0.5, 0.6) is 0 Å². The van der Waals surface area contributed by atoms with Gasteiger partial charge in [-0.3, -0.25) is 4.79 Å². The molecule has 0 aromatic rings. The maximum Gasteiger partial charge on any atom is 0.403 e. The largest absolute Gasteiger partial charge is 0.403 e. The number of hydrogen-bond acceptors (Lipinski definition) is 2. The van der Waals surface area contributed by atoms with Crippen molar-refractivity contribution in [3.8, 4) is 0 Å². The quantitative estimate of drug-likeness (QED) is 0.667. The fourth-order valence-corrected chi connectivity index (χ4v) is 2.21. The third-order valence-corrected chi connectivity index (χ3v) is 3.46. The molecule has 0 bridgehead atoms. The van der Waals surface area contributed by atoms with Crippen LogP contribution in [0.1, 0.15) is 59.3 Å². The predicted octanol–water partition coefficient (Wildman–Crippen LogP) is 3.75. The second kappa shape index (κ2) is 10.0. The van der Waals surface area contributed by atoms with E-state index in [0.29, 0.717) is 32.4 Å². The summed E-state index contributed by atoms with van der Waals surface area (Å²) in [6.45, 7) is 6.18. The van der Waals surface area contributed by atoms with Crippen LogP contribution in [0.3, 0.4) is 0 Å². The first-order valence-corrected chi connectivity index (χ1v) is 7.83. The Balaban J connectivity index is 5.08. The summed E-state index contributed by atoms with van der Waals surface area (Å²) >= 11 is 0. The molecule has 0 aromatic heterocycles. The van der Waals surface area contributed by atoms with E-state index in [0.717, 1.165) is 12.8 Å². The summed E-state index contributed by atoms with van der Waals surface area (Å²) in [5.74, 6) is -3.28. The molecule has 1 N–H and O–H groups in total. The lowest BCUT2D eigenvalue weighted by molar-refractivity contribution is -0.208. The third kappa shape index (κ3) is 7.16. The fourth-order valence-electron chi connectivity index (χ4n) is 2.21. The first-order chi connectivity index (χ1) is 9.79. The van der Waals surface area contributed by atoms with Crippen molar-refractivity contribution in [2.75, 3.05) is 13.1 Å². The highest BCUT2D eigenvalue weighted by molar-refractivity contribution is 5.80. The van der Waals surface area contributed by atoms with E-state index in [1.165, 1.54) is 4.90 Å². The summed E-state index contributed by atoms with van der Waals surface area (Å²) < 4.78 is 39.4.